The van der Waals surface area contributed by atoms with Crippen LogP contribution in [0.25, 0.3) is 0 Å². The molecule has 1 amide bonds. The zero-order chi connectivity index (χ0) is 15.8. The topological polar surface area (TPSA) is 45.7 Å². The molecule has 23 heavy (non-hydrogen) atoms. The first-order valence-corrected chi connectivity index (χ1v) is 8.01. The van der Waals surface area contributed by atoms with Gasteiger partial charge in [-0.1, -0.05) is 41.9 Å². The van der Waals surface area contributed by atoms with E-state index in [9.17, 15) is 4.79 Å². The Labute approximate surface area is 139 Å². The maximum atomic E-state index is 12.6. The van der Waals surface area contributed by atoms with Crippen LogP contribution in [-0.2, 0) is 11.3 Å². The number of hydrogen-bond donors (Lipinski definition) is 0. The average Bonchev–Trinajstić information content (AvgIpc) is 2.98. The van der Waals surface area contributed by atoms with Gasteiger partial charge >= 0.3 is 6.09 Å². The molecule has 0 aliphatic carbocycles. The number of aromatic nitrogens is 1. The van der Waals surface area contributed by atoms with E-state index in [-0.39, 0.29) is 18.7 Å². The van der Waals surface area contributed by atoms with E-state index in [4.69, 9.17) is 16.3 Å². The highest BCUT2D eigenvalue weighted by molar-refractivity contribution is 6.29. The molecule has 2 aliphatic heterocycles. The number of amides is 1. The van der Waals surface area contributed by atoms with Gasteiger partial charge in [-0.3, -0.25) is 4.90 Å². The lowest BCUT2D eigenvalue weighted by Crippen LogP contribution is -2.46. The minimum Gasteiger partial charge on any atom is -0.444 e. The van der Waals surface area contributed by atoms with Crippen LogP contribution in [0.2, 0.25) is 5.15 Å². The van der Waals surface area contributed by atoms with E-state index in [1.54, 1.807) is 11.0 Å². The van der Waals surface area contributed by atoms with E-state index in [1.807, 2.05) is 36.4 Å². The molecule has 0 saturated carbocycles. The zero-order valence-corrected chi connectivity index (χ0v) is 13.2. The summed E-state index contributed by atoms with van der Waals surface area (Å²) in [7, 11) is 0. The molecule has 4 rings (SSSR count). The molecule has 2 aliphatic rings. The van der Waals surface area contributed by atoms with Crippen LogP contribution >= 0.6 is 11.6 Å². The van der Waals surface area contributed by atoms with Gasteiger partial charge in [0.15, 0.2) is 5.82 Å². The van der Waals surface area contributed by atoms with Crippen LogP contribution < -0.4 is 9.80 Å². The first-order chi connectivity index (χ1) is 11.2. The number of nitrogens with zero attached hydrogens (tertiary/aromatic N) is 3. The summed E-state index contributed by atoms with van der Waals surface area (Å²) in [4.78, 5) is 20.9. The van der Waals surface area contributed by atoms with Gasteiger partial charge in [-0.05, 0) is 24.1 Å². The lowest BCUT2D eigenvalue weighted by atomic mass is 10.2. The van der Waals surface area contributed by atoms with Gasteiger partial charge in [0.05, 0.1) is 11.7 Å². The average molecular weight is 330 g/mol. The first-order valence-electron chi connectivity index (χ1n) is 7.64. The Hall–Kier alpha value is -2.27. The molecule has 1 aromatic heterocycles. The van der Waals surface area contributed by atoms with Crippen LogP contribution in [0.1, 0.15) is 12.0 Å². The van der Waals surface area contributed by atoms with Gasteiger partial charge in [0.25, 0.3) is 0 Å². The normalized spacial score (nSPS) is 18.7. The van der Waals surface area contributed by atoms with Crippen molar-refractivity contribution in [2.45, 2.75) is 19.1 Å². The highest BCUT2D eigenvalue weighted by atomic mass is 35.5. The predicted octanol–water partition coefficient (Wildman–Crippen LogP) is 3.47. The largest absolute Gasteiger partial charge is 0.444 e. The minimum absolute atomic E-state index is 0.0942. The third kappa shape index (κ3) is 2.61. The Balaban J connectivity index is 1.58. The molecular weight excluding hydrogens is 314 g/mol. The Kier molecular flexibility index (Phi) is 3.58. The molecule has 1 saturated heterocycles. The van der Waals surface area contributed by atoms with Crippen LogP contribution in [0.15, 0.2) is 42.5 Å². The van der Waals surface area contributed by atoms with Crippen molar-refractivity contribution in [2.75, 3.05) is 22.9 Å². The van der Waals surface area contributed by atoms with E-state index >= 15 is 0 Å². The van der Waals surface area contributed by atoms with E-state index in [0.717, 1.165) is 30.8 Å². The summed E-state index contributed by atoms with van der Waals surface area (Å²) in [5, 5.41) is 0.382. The lowest BCUT2D eigenvalue weighted by molar-refractivity contribution is 0.144. The number of pyridine rings is 1. The van der Waals surface area contributed by atoms with Crippen LogP contribution in [-0.4, -0.2) is 30.2 Å². The number of hydrogen-bond acceptors (Lipinski definition) is 4. The van der Waals surface area contributed by atoms with Crippen LogP contribution in [0.3, 0.4) is 0 Å². The van der Waals surface area contributed by atoms with E-state index in [0.29, 0.717) is 11.0 Å². The van der Waals surface area contributed by atoms with Gasteiger partial charge in [0.1, 0.15) is 11.8 Å². The molecular formula is C17H16ClN3O2. The number of carbonyl (C=O) groups is 1. The van der Waals surface area contributed by atoms with Gasteiger partial charge in [-0.25, -0.2) is 9.78 Å². The highest BCUT2D eigenvalue weighted by Crippen LogP contribution is 2.39. The Morgan fingerprint density at radius 3 is 2.91 bits per heavy atom. The summed E-state index contributed by atoms with van der Waals surface area (Å²) < 4.78 is 5.50. The van der Waals surface area contributed by atoms with Crippen LogP contribution in [0.4, 0.5) is 16.3 Å². The molecule has 3 heterocycles. The van der Waals surface area contributed by atoms with Crippen molar-refractivity contribution in [2.24, 2.45) is 0 Å². The molecule has 5 nitrogen and oxygen atoms in total. The van der Waals surface area contributed by atoms with Crippen LogP contribution in [0.5, 0.6) is 0 Å². The number of rotatable bonds is 2. The molecule has 0 N–H and O–H groups in total. The minimum atomic E-state index is -0.364. The SMILES string of the molecule is O=C(OCc1ccccc1)N1c2nc(Cl)ccc2N2CCC1C2. The fourth-order valence-electron chi connectivity index (χ4n) is 3.21. The Morgan fingerprint density at radius 2 is 2.09 bits per heavy atom. The van der Waals surface area contributed by atoms with Crippen molar-refractivity contribution in [1.82, 2.24) is 4.98 Å². The first kappa shape index (κ1) is 14.3. The molecule has 1 unspecified atom stereocenters. The number of carbonyl (C=O) groups excluding carboxylic acids is 1. The van der Waals surface area contributed by atoms with Crippen molar-refractivity contribution < 1.29 is 9.53 Å². The summed E-state index contributed by atoms with van der Waals surface area (Å²) in [6.45, 7) is 1.99. The summed E-state index contributed by atoms with van der Waals surface area (Å²) in [6, 6.07) is 13.4. The fraction of sp³-hybridized carbons (Fsp3) is 0.294. The highest BCUT2D eigenvalue weighted by Gasteiger charge is 2.40. The number of halogens is 1. The van der Waals surface area contributed by atoms with Crippen molar-refractivity contribution >= 4 is 29.2 Å². The summed E-state index contributed by atoms with van der Waals surface area (Å²) in [5.74, 6) is 0.601. The van der Waals surface area contributed by atoms with Gasteiger partial charge in [-0.2, -0.15) is 0 Å². The van der Waals surface area contributed by atoms with Crippen molar-refractivity contribution in [1.29, 1.82) is 0 Å². The van der Waals surface area contributed by atoms with E-state index < -0.39 is 0 Å². The Bertz CT molecular complexity index is 738. The zero-order valence-electron chi connectivity index (χ0n) is 12.5. The second-order valence-corrected chi connectivity index (χ2v) is 6.16. The van der Waals surface area contributed by atoms with Crippen molar-refractivity contribution in [3.8, 4) is 0 Å². The maximum Gasteiger partial charge on any atom is 0.416 e. The fourth-order valence-corrected chi connectivity index (χ4v) is 3.35. The molecule has 6 heteroatoms. The van der Waals surface area contributed by atoms with Crippen LogP contribution in [0, 0.1) is 0 Å². The monoisotopic (exact) mass is 329 g/mol. The summed E-state index contributed by atoms with van der Waals surface area (Å²) in [6.07, 6.45) is 0.547. The number of fused-ring (bicyclic) bond motifs is 4. The molecule has 2 aromatic rings. The second-order valence-electron chi connectivity index (χ2n) is 5.78. The van der Waals surface area contributed by atoms with Crippen molar-refractivity contribution in [3.63, 3.8) is 0 Å². The lowest BCUT2D eigenvalue weighted by Gasteiger charge is -2.34. The standard InChI is InChI=1S/C17H16ClN3O2/c18-15-7-6-14-16(19-15)21(13-8-9-20(14)10-13)17(22)23-11-12-4-2-1-3-5-12/h1-7,13H,8-11H2. The van der Waals surface area contributed by atoms with Gasteiger partial charge < -0.3 is 9.64 Å². The number of anilines is 2. The molecule has 1 fully saturated rings. The third-order valence-electron chi connectivity index (χ3n) is 4.32. The third-order valence-corrected chi connectivity index (χ3v) is 4.53. The van der Waals surface area contributed by atoms with Crippen molar-refractivity contribution in [3.05, 3.63) is 53.2 Å². The quantitative estimate of drug-likeness (QED) is 0.791. The Morgan fingerprint density at radius 1 is 1.26 bits per heavy atom. The summed E-state index contributed by atoms with van der Waals surface area (Å²) >= 11 is 6.03. The van der Waals surface area contributed by atoms with Gasteiger partial charge in [0, 0.05) is 13.1 Å². The predicted molar refractivity (Wildman–Crippen MR) is 89.0 cm³/mol. The molecule has 118 valence electrons. The van der Waals surface area contributed by atoms with Gasteiger partial charge in [-0.15, -0.1) is 0 Å². The molecule has 0 spiro atoms. The molecule has 1 atom stereocenters. The smallest absolute Gasteiger partial charge is 0.416 e. The maximum absolute atomic E-state index is 12.6. The summed E-state index contributed by atoms with van der Waals surface area (Å²) in [5.41, 5.74) is 1.91. The molecule has 0 radical (unpaired) electrons. The molecule has 2 bridgehead atoms. The second kappa shape index (κ2) is 5.74. The number of ether oxygens (including phenoxy) is 1. The molecule has 1 aromatic carbocycles. The van der Waals surface area contributed by atoms with E-state index in [2.05, 4.69) is 9.88 Å². The van der Waals surface area contributed by atoms with E-state index in [1.165, 1.54) is 0 Å². The number of benzene rings is 1. The van der Waals surface area contributed by atoms with Gasteiger partial charge in [0.2, 0.25) is 0 Å².